The molecule has 0 fully saturated rings. The van der Waals surface area contributed by atoms with Crippen molar-refractivity contribution in [3.05, 3.63) is 47.3 Å². The van der Waals surface area contributed by atoms with E-state index in [4.69, 9.17) is 5.10 Å². The highest BCUT2D eigenvalue weighted by molar-refractivity contribution is 5.78. The molecule has 0 saturated heterocycles. The van der Waals surface area contributed by atoms with Gasteiger partial charge in [0, 0.05) is 5.56 Å². The fraction of sp³-hybridized carbons (Fsp3) is 0.545. The van der Waals surface area contributed by atoms with Gasteiger partial charge in [0.25, 0.3) is 0 Å². The molecule has 1 unspecified atom stereocenters. The second kappa shape index (κ2) is 7.85. The lowest BCUT2D eigenvalue weighted by Gasteiger charge is -2.36. The van der Waals surface area contributed by atoms with Crippen molar-refractivity contribution >= 4 is 5.91 Å². The number of nitrogens with one attached hydrogen (secondary N) is 1. The number of para-hydroxylation sites is 1. The van der Waals surface area contributed by atoms with Gasteiger partial charge < -0.3 is 5.32 Å². The first-order chi connectivity index (χ1) is 12.8. The second-order valence-corrected chi connectivity index (χ2v) is 8.37. The van der Waals surface area contributed by atoms with Gasteiger partial charge in [0.2, 0.25) is 5.91 Å². The average molecular weight is 369 g/mol. The SMILES string of the molecule is CCN(CC)CC(=O)NC1CC(C)(C)Cc2c1cnn2-c1ccccc1C. The van der Waals surface area contributed by atoms with Crippen LogP contribution in [0.3, 0.4) is 0 Å². The van der Waals surface area contributed by atoms with Crippen molar-refractivity contribution in [2.24, 2.45) is 5.41 Å². The van der Waals surface area contributed by atoms with Crippen molar-refractivity contribution < 1.29 is 4.79 Å². The molecular weight excluding hydrogens is 336 g/mol. The zero-order chi connectivity index (χ0) is 19.6. The van der Waals surface area contributed by atoms with E-state index in [0.717, 1.165) is 37.2 Å². The Morgan fingerprint density at radius 1 is 1.30 bits per heavy atom. The molecule has 0 saturated carbocycles. The van der Waals surface area contributed by atoms with Crippen molar-refractivity contribution in [1.82, 2.24) is 20.0 Å². The standard InChI is InChI=1S/C22H32N4O/c1-6-25(7-2)15-21(27)24-18-12-22(4,5)13-20-17(18)14-23-26(20)19-11-9-8-10-16(19)3/h8-11,14,18H,6-7,12-13,15H2,1-5H3,(H,24,27). The summed E-state index contributed by atoms with van der Waals surface area (Å²) >= 11 is 0. The molecule has 1 heterocycles. The number of aromatic nitrogens is 2. The van der Waals surface area contributed by atoms with E-state index < -0.39 is 0 Å². The number of carbonyl (C=O) groups is 1. The summed E-state index contributed by atoms with van der Waals surface area (Å²) in [6, 6.07) is 8.34. The lowest BCUT2D eigenvalue weighted by atomic mass is 9.74. The molecule has 1 N–H and O–H groups in total. The first-order valence-electron chi connectivity index (χ1n) is 9.99. The Labute approximate surface area is 162 Å². The number of amides is 1. The lowest BCUT2D eigenvalue weighted by Crippen LogP contribution is -2.41. The van der Waals surface area contributed by atoms with Gasteiger partial charge in [-0.15, -0.1) is 0 Å². The van der Waals surface area contributed by atoms with E-state index in [9.17, 15) is 4.79 Å². The lowest BCUT2D eigenvalue weighted by molar-refractivity contribution is -0.123. The topological polar surface area (TPSA) is 50.2 Å². The molecule has 5 nitrogen and oxygen atoms in total. The summed E-state index contributed by atoms with van der Waals surface area (Å²) in [6.45, 7) is 13.1. The molecule has 2 aromatic rings. The number of benzene rings is 1. The quantitative estimate of drug-likeness (QED) is 0.847. The smallest absolute Gasteiger partial charge is 0.234 e. The van der Waals surface area contributed by atoms with Crippen LogP contribution in [-0.2, 0) is 11.2 Å². The van der Waals surface area contributed by atoms with Crippen LogP contribution >= 0.6 is 0 Å². The van der Waals surface area contributed by atoms with Crippen LogP contribution in [0, 0.1) is 12.3 Å². The highest BCUT2D eigenvalue weighted by atomic mass is 16.2. The Bertz CT molecular complexity index is 804. The van der Waals surface area contributed by atoms with Crippen molar-refractivity contribution in [3.63, 3.8) is 0 Å². The van der Waals surface area contributed by atoms with Crippen molar-refractivity contribution in [2.45, 2.75) is 53.5 Å². The number of rotatable bonds is 6. The maximum Gasteiger partial charge on any atom is 0.234 e. The van der Waals surface area contributed by atoms with Crippen molar-refractivity contribution in [3.8, 4) is 5.69 Å². The largest absolute Gasteiger partial charge is 0.348 e. The number of aryl methyl sites for hydroxylation is 1. The van der Waals surface area contributed by atoms with Crippen LogP contribution in [0.1, 0.15) is 57.0 Å². The fourth-order valence-corrected chi connectivity index (χ4v) is 4.07. The van der Waals surface area contributed by atoms with Crippen LogP contribution in [-0.4, -0.2) is 40.2 Å². The van der Waals surface area contributed by atoms with Crippen LogP contribution in [0.4, 0.5) is 0 Å². The summed E-state index contributed by atoms with van der Waals surface area (Å²) in [7, 11) is 0. The number of carbonyl (C=O) groups excluding carboxylic acids is 1. The van der Waals surface area contributed by atoms with E-state index in [1.165, 1.54) is 11.3 Å². The van der Waals surface area contributed by atoms with Crippen molar-refractivity contribution in [1.29, 1.82) is 0 Å². The summed E-state index contributed by atoms with van der Waals surface area (Å²) in [5.74, 6) is 0.0935. The first kappa shape index (κ1) is 19.6. The third-order valence-electron chi connectivity index (χ3n) is 5.62. The molecule has 1 aromatic carbocycles. The van der Waals surface area contributed by atoms with Crippen LogP contribution in [0.25, 0.3) is 5.69 Å². The molecule has 0 aliphatic heterocycles. The van der Waals surface area contributed by atoms with Crippen LogP contribution in [0.2, 0.25) is 0 Å². The predicted octanol–water partition coefficient (Wildman–Crippen LogP) is 3.65. The van der Waals surface area contributed by atoms with E-state index in [-0.39, 0.29) is 17.4 Å². The molecular formula is C22H32N4O. The second-order valence-electron chi connectivity index (χ2n) is 8.37. The molecule has 27 heavy (non-hydrogen) atoms. The van der Waals surface area contributed by atoms with Gasteiger partial charge in [0.15, 0.2) is 0 Å². The Kier molecular flexibility index (Phi) is 5.70. The minimum atomic E-state index is 0.0181. The third kappa shape index (κ3) is 4.24. The average Bonchev–Trinajstić information content (AvgIpc) is 3.02. The van der Waals surface area contributed by atoms with E-state index in [1.54, 1.807) is 0 Å². The molecule has 1 amide bonds. The molecule has 1 atom stereocenters. The zero-order valence-electron chi connectivity index (χ0n) is 17.2. The van der Waals surface area contributed by atoms with Crippen LogP contribution < -0.4 is 5.32 Å². The van der Waals surface area contributed by atoms with Gasteiger partial charge in [-0.2, -0.15) is 5.10 Å². The summed E-state index contributed by atoms with van der Waals surface area (Å²) in [5, 5.41) is 7.98. The molecule has 0 radical (unpaired) electrons. The van der Waals surface area contributed by atoms with Crippen molar-refractivity contribution in [2.75, 3.05) is 19.6 Å². The maximum atomic E-state index is 12.6. The molecule has 1 aromatic heterocycles. The van der Waals surface area contributed by atoms with E-state index in [1.807, 2.05) is 12.3 Å². The molecule has 1 aliphatic carbocycles. The highest BCUT2D eigenvalue weighted by Crippen LogP contribution is 2.41. The molecule has 1 aliphatic rings. The maximum absolute atomic E-state index is 12.6. The minimum Gasteiger partial charge on any atom is -0.348 e. The summed E-state index contributed by atoms with van der Waals surface area (Å²) < 4.78 is 2.06. The Hall–Kier alpha value is -2.14. The van der Waals surface area contributed by atoms with Gasteiger partial charge in [0.1, 0.15) is 0 Å². The molecule has 0 bridgehead atoms. The van der Waals surface area contributed by atoms with E-state index in [0.29, 0.717) is 6.54 Å². The molecule has 3 rings (SSSR count). The summed E-state index contributed by atoms with van der Waals surface area (Å²) in [5.41, 5.74) is 4.80. The first-order valence-corrected chi connectivity index (χ1v) is 9.99. The van der Waals surface area contributed by atoms with Gasteiger partial charge in [-0.1, -0.05) is 45.9 Å². The van der Waals surface area contributed by atoms with Crippen LogP contribution in [0.5, 0.6) is 0 Å². The Morgan fingerprint density at radius 2 is 2.00 bits per heavy atom. The van der Waals surface area contributed by atoms with Gasteiger partial charge >= 0.3 is 0 Å². The molecule has 0 spiro atoms. The zero-order valence-corrected chi connectivity index (χ0v) is 17.2. The molecule has 146 valence electrons. The number of hydrogen-bond donors (Lipinski definition) is 1. The van der Waals surface area contributed by atoms with Gasteiger partial charge in [0.05, 0.1) is 30.2 Å². The van der Waals surface area contributed by atoms with Gasteiger partial charge in [-0.3, -0.25) is 9.69 Å². The Balaban J connectivity index is 1.90. The van der Waals surface area contributed by atoms with Gasteiger partial charge in [-0.25, -0.2) is 4.68 Å². The molecule has 5 heteroatoms. The minimum absolute atomic E-state index is 0.0181. The van der Waals surface area contributed by atoms with Gasteiger partial charge in [-0.05, 0) is 49.9 Å². The summed E-state index contributed by atoms with van der Waals surface area (Å²) in [6.07, 6.45) is 3.84. The third-order valence-corrected chi connectivity index (χ3v) is 5.62. The van der Waals surface area contributed by atoms with E-state index >= 15 is 0 Å². The monoisotopic (exact) mass is 368 g/mol. The fourth-order valence-electron chi connectivity index (χ4n) is 4.07. The summed E-state index contributed by atoms with van der Waals surface area (Å²) in [4.78, 5) is 14.8. The van der Waals surface area contributed by atoms with Crippen LogP contribution in [0.15, 0.2) is 30.5 Å². The number of hydrogen-bond acceptors (Lipinski definition) is 3. The number of nitrogens with zero attached hydrogens (tertiary/aromatic N) is 3. The highest BCUT2D eigenvalue weighted by Gasteiger charge is 2.36. The van der Waals surface area contributed by atoms with E-state index in [2.05, 4.69) is 67.7 Å². The number of likely N-dealkylation sites (N-methyl/N-ethyl adjacent to an activating group) is 1. The Morgan fingerprint density at radius 3 is 2.67 bits per heavy atom. The normalized spacial score (nSPS) is 18.4. The number of fused-ring (bicyclic) bond motifs is 1. The predicted molar refractivity (Wildman–Crippen MR) is 109 cm³/mol.